The smallest absolute Gasteiger partial charge is 0.305 e. The van der Waals surface area contributed by atoms with Crippen LogP contribution in [0.4, 0.5) is 8.78 Å². The molecule has 0 fully saturated rings. The van der Waals surface area contributed by atoms with Crippen LogP contribution in [0.1, 0.15) is 40.5 Å². The summed E-state index contributed by atoms with van der Waals surface area (Å²) in [6.45, 7) is 6.31. The first-order chi connectivity index (χ1) is 11.9. The van der Waals surface area contributed by atoms with Gasteiger partial charge in [-0.2, -0.15) is 0 Å². The van der Waals surface area contributed by atoms with E-state index in [0.717, 1.165) is 31.3 Å². The zero-order valence-corrected chi connectivity index (χ0v) is 13.9. The summed E-state index contributed by atoms with van der Waals surface area (Å²) in [4.78, 5) is 25.9. The molecule has 0 bridgehead atoms. The quantitative estimate of drug-likeness (QED) is 0.784. The lowest BCUT2D eigenvalue weighted by Gasteiger charge is -2.15. The fourth-order valence-corrected chi connectivity index (χ4v) is 2.14. The highest BCUT2D eigenvalue weighted by atomic mass is 19.2. The number of amides is 2. The summed E-state index contributed by atoms with van der Waals surface area (Å²) in [5, 5.41) is 0. The second kappa shape index (κ2) is 8.39. The molecular formula is C17H19F2N3O3. The maximum absolute atomic E-state index is 13.1. The van der Waals surface area contributed by atoms with E-state index in [9.17, 15) is 18.4 Å². The largest absolute Gasteiger partial charge is 0.454 e. The van der Waals surface area contributed by atoms with Crippen molar-refractivity contribution in [3.63, 3.8) is 0 Å². The van der Waals surface area contributed by atoms with Crippen LogP contribution in [-0.2, 0) is 6.54 Å². The van der Waals surface area contributed by atoms with Gasteiger partial charge in [0, 0.05) is 5.56 Å². The minimum Gasteiger partial charge on any atom is -0.454 e. The van der Waals surface area contributed by atoms with Gasteiger partial charge >= 0.3 is 5.91 Å². The van der Waals surface area contributed by atoms with Crippen LogP contribution in [0.5, 0.6) is 0 Å². The first-order valence-electron chi connectivity index (χ1n) is 7.81. The normalized spacial score (nSPS) is 10.8. The van der Waals surface area contributed by atoms with Crippen molar-refractivity contribution in [3.8, 4) is 0 Å². The summed E-state index contributed by atoms with van der Waals surface area (Å²) >= 11 is 0. The van der Waals surface area contributed by atoms with Gasteiger partial charge in [-0.25, -0.2) is 8.78 Å². The van der Waals surface area contributed by atoms with Crippen LogP contribution in [0.15, 0.2) is 34.7 Å². The molecule has 0 radical (unpaired) electrons. The molecule has 0 aliphatic heterocycles. The van der Waals surface area contributed by atoms with Crippen molar-refractivity contribution in [3.05, 3.63) is 59.1 Å². The third-order valence-electron chi connectivity index (χ3n) is 3.63. The average Bonchev–Trinajstić information content (AvgIpc) is 3.08. The van der Waals surface area contributed by atoms with Crippen molar-refractivity contribution < 1.29 is 22.8 Å². The van der Waals surface area contributed by atoms with Crippen molar-refractivity contribution >= 4 is 11.8 Å². The van der Waals surface area contributed by atoms with E-state index < -0.39 is 23.4 Å². The maximum atomic E-state index is 13.1. The Bertz CT molecular complexity index is 757. The van der Waals surface area contributed by atoms with Gasteiger partial charge in [-0.15, -0.1) is 0 Å². The zero-order valence-electron chi connectivity index (χ0n) is 13.9. The molecule has 2 amide bonds. The van der Waals surface area contributed by atoms with E-state index >= 15 is 0 Å². The highest BCUT2D eigenvalue weighted by Gasteiger charge is 2.15. The topological polar surface area (TPSA) is 74.6 Å². The van der Waals surface area contributed by atoms with E-state index in [2.05, 4.69) is 15.8 Å². The molecule has 1 aromatic heterocycles. The van der Waals surface area contributed by atoms with Crippen LogP contribution < -0.4 is 10.9 Å². The molecule has 134 valence electrons. The number of hydrazine groups is 1. The maximum Gasteiger partial charge on any atom is 0.305 e. The molecule has 0 saturated heterocycles. The first kappa shape index (κ1) is 18.6. The Morgan fingerprint density at radius 2 is 1.68 bits per heavy atom. The molecule has 0 aliphatic rings. The molecule has 1 heterocycles. The summed E-state index contributed by atoms with van der Waals surface area (Å²) in [5.41, 5.74) is 4.16. The molecule has 6 nitrogen and oxygen atoms in total. The summed E-state index contributed by atoms with van der Waals surface area (Å²) in [6.07, 6.45) is 0. The van der Waals surface area contributed by atoms with E-state index in [1.165, 1.54) is 6.07 Å². The lowest BCUT2D eigenvalue weighted by atomic mass is 10.2. The average molecular weight is 351 g/mol. The minimum atomic E-state index is -1.15. The second-order valence-corrected chi connectivity index (χ2v) is 5.26. The van der Waals surface area contributed by atoms with E-state index in [1.807, 2.05) is 13.8 Å². The number of furan rings is 1. The fourth-order valence-electron chi connectivity index (χ4n) is 2.14. The van der Waals surface area contributed by atoms with Crippen LogP contribution in [0, 0.1) is 11.6 Å². The number of hydrogen-bond donors (Lipinski definition) is 2. The van der Waals surface area contributed by atoms with Gasteiger partial charge in [0.05, 0.1) is 6.54 Å². The molecule has 2 N–H and O–H groups in total. The summed E-state index contributed by atoms with van der Waals surface area (Å²) in [5.74, 6) is -2.97. The first-order valence-corrected chi connectivity index (χ1v) is 7.81. The Morgan fingerprint density at radius 1 is 1.00 bits per heavy atom. The van der Waals surface area contributed by atoms with Crippen molar-refractivity contribution in [1.29, 1.82) is 0 Å². The number of nitrogens with zero attached hydrogens (tertiary/aromatic N) is 1. The Kier molecular flexibility index (Phi) is 6.24. The molecule has 1 aromatic carbocycles. The second-order valence-electron chi connectivity index (χ2n) is 5.26. The summed E-state index contributed by atoms with van der Waals surface area (Å²) < 4.78 is 31.4. The molecule has 0 unspecified atom stereocenters. The van der Waals surface area contributed by atoms with Gasteiger partial charge in [0.25, 0.3) is 5.91 Å². The van der Waals surface area contributed by atoms with Crippen LogP contribution in [-0.4, -0.2) is 29.8 Å². The number of halogens is 2. The Morgan fingerprint density at radius 3 is 2.32 bits per heavy atom. The van der Waals surface area contributed by atoms with Gasteiger partial charge in [0.1, 0.15) is 5.76 Å². The molecule has 2 rings (SSSR count). The van der Waals surface area contributed by atoms with Crippen molar-refractivity contribution in [2.75, 3.05) is 13.1 Å². The predicted octanol–water partition coefficient (Wildman–Crippen LogP) is 2.47. The van der Waals surface area contributed by atoms with Gasteiger partial charge < -0.3 is 4.42 Å². The minimum absolute atomic E-state index is 0.0349. The number of rotatable bonds is 6. The summed E-state index contributed by atoms with van der Waals surface area (Å²) in [6, 6.07) is 5.86. The number of hydrogen-bond acceptors (Lipinski definition) is 4. The van der Waals surface area contributed by atoms with E-state index in [1.54, 1.807) is 6.07 Å². The molecule has 0 atom stereocenters. The highest BCUT2D eigenvalue weighted by Crippen LogP contribution is 2.11. The van der Waals surface area contributed by atoms with Gasteiger partial charge in [0.15, 0.2) is 17.4 Å². The number of nitrogens with one attached hydrogen (secondary N) is 2. The van der Waals surface area contributed by atoms with E-state index in [-0.39, 0.29) is 11.3 Å². The van der Waals surface area contributed by atoms with Gasteiger partial charge in [-0.3, -0.25) is 25.3 Å². The van der Waals surface area contributed by atoms with Crippen LogP contribution >= 0.6 is 0 Å². The van der Waals surface area contributed by atoms with Crippen LogP contribution in [0.3, 0.4) is 0 Å². The molecule has 8 heteroatoms. The van der Waals surface area contributed by atoms with Crippen LogP contribution in [0.25, 0.3) is 0 Å². The molecule has 2 aromatic rings. The third-order valence-corrected chi connectivity index (χ3v) is 3.63. The lowest BCUT2D eigenvalue weighted by molar-refractivity contribution is 0.0828. The van der Waals surface area contributed by atoms with Crippen molar-refractivity contribution in [1.82, 2.24) is 15.8 Å². The van der Waals surface area contributed by atoms with Gasteiger partial charge in [-0.1, -0.05) is 13.8 Å². The van der Waals surface area contributed by atoms with E-state index in [0.29, 0.717) is 12.3 Å². The number of carbonyl (C=O) groups excluding carboxylic acids is 2. The lowest BCUT2D eigenvalue weighted by Crippen LogP contribution is -2.41. The molecule has 0 spiro atoms. The Balaban J connectivity index is 1.92. The molecule has 0 saturated carbocycles. The highest BCUT2D eigenvalue weighted by molar-refractivity contribution is 5.97. The standard InChI is InChI=1S/C17H19F2N3O3/c1-3-22(4-2)10-12-6-8-15(25-12)17(24)21-20-16(23)11-5-7-13(18)14(19)9-11/h5-9H,3-4,10H2,1-2H3,(H,20,23)(H,21,24). The Labute approximate surface area is 143 Å². The molecule has 0 aliphatic carbocycles. The third kappa shape index (κ3) is 4.87. The SMILES string of the molecule is CCN(CC)Cc1ccc(C(=O)NNC(=O)c2ccc(F)c(F)c2)o1. The van der Waals surface area contributed by atoms with Crippen LogP contribution in [0.2, 0.25) is 0 Å². The van der Waals surface area contributed by atoms with Crippen molar-refractivity contribution in [2.24, 2.45) is 0 Å². The Hall–Kier alpha value is -2.74. The monoisotopic (exact) mass is 351 g/mol. The number of benzene rings is 1. The zero-order chi connectivity index (χ0) is 18.4. The summed E-state index contributed by atoms with van der Waals surface area (Å²) in [7, 11) is 0. The fraction of sp³-hybridized carbons (Fsp3) is 0.294. The number of carbonyl (C=O) groups is 2. The molecule has 25 heavy (non-hydrogen) atoms. The van der Waals surface area contributed by atoms with Gasteiger partial charge in [0.2, 0.25) is 0 Å². The van der Waals surface area contributed by atoms with Gasteiger partial charge in [-0.05, 0) is 43.4 Å². The van der Waals surface area contributed by atoms with Crippen molar-refractivity contribution in [2.45, 2.75) is 20.4 Å². The van der Waals surface area contributed by atoms with E-state index in [4.69, 9.17) is 4.42 Å². The predicted molar refractivity (Wildman–Crippen MR) is 86.6 cm³/mol. The molecular weight excluding hydrogens is 332 g/mol.